The predicted octanol–water partition coefficient (Wildman–Crippen LogP) is 3.36. The maximum Gasteiger partial charge on any atom is 0.281 e. The molecule has 126 valence electrons. The predicted molar refractivity (Wildman–Crippen MR) is 92.0 cm³/mol. The monoisotopic (exact) mass is 325 g/mol. The van der Waals surface area contributed by atoms with E-state index in [1.807, 2.05) is 48.5 Å². The summed E-state index contributed by atoms with van der Waals surface area (Å²) in [5, 5.41) is 13.2. The Hall–Kier alpha value is -2.04. The maximum atomic E-state index is 9.76. The first kappa shape index (κ1) is 15.5. The SMILES string of the molecule is CC(O)c1ccc(C2(C3CCNCC3)Oc3ccccc3O2)cc1. The van der Waals surface area contributed by atoms with Gasteiger partial charge in [0.1, 0.15) is 0 Å². The zero-order valence-corrected chi connectivity index (χ0v) is 13.9. The van der Waals surface area contributed by atoms with Gasteiger partial charge in [0.15, 0.2) is 11.5 Å². The van der Waals surface area contributed by atoms with Crippen molar-refractivity contribution in [2.45, 2.75) is 31.7 Å². The number of nitrogens with one attached hydrogen (secondary N) is 1. The zero-order chi connectivity index (χ0) is 16.6. The summed E-state index contributed by atoms with van der Waals surface area (Å²) < 4.78 is 12.8. The molecule has 0 amide bonds. The van der Waals surface area contributed by atoms with E-state index in [2.05, 4.69) is 5.32 Å². The van der Waals surface area contributed by atoms with Gasteiger partial charge in [-0.3, -0.25) is 0 Å². The van der Waals surface area contributed by atoms with E-state index >= 15 is 0 Å². The summed E-state index contributed by atoms with van der Waals surface area (Å²) in [6.07, 6.45) is 1.54. The van der Waals surface area contributed by atoms with E-state index in [4.69, 9.17) is 9.47 Å². The van der Waals surface area contributed by atoms with Crippen LogP contribution in [0.5, 0.6) is 11.5 Å². The van der Waals surface area contributed by atoms with E-state index in [0.717, 1.165) is 48.6 Å². The van der Waals surface area contributed by atoms with Gasteiger partial charge in [0.05, 0.1) is 6.10 Å². The number of ether oxygens (including phenoxy) is 2. The average Bonchev–Trinajstić information content (AvgIpc) is 3.03. The number of rotatable bonds is 3. The lowest BCUT2D eigenvalue weighted by atomic mass is 9.84. The Labute approximate surface area is 142 Å². The van der Waals surface area contributed by atoms with Crippen LogP contribution in [0.1, 0.15) is 37.0 Å². The molecule has 1 saturated heterocycles. The number of aliphatic hydroxyl groups excluding tert-OH is 1. The normalized spacial score (nSPS) is 20.8. The average molecular weight is 325 g/mol. The van der Waals surface area contributed by atoms with Crippen LogP contribution in [0.15, 0.2) is 48.5 Å². The van der Waals surface area contributed by atoms with Crippen LogP contribution in [0.4, 0.5) is 0 Å². The topological polar surface area (TPSA) is 50.7 Å². The minimum atomic E-state index is -0.775. The van der Waals surface area contributed by atoms with Crippen molar-refractivity contribution in [1.29, 1.82) is 0 Å². The molecule has 2 aliphatic rings. The lowest BCUT2D eigenvalue weighted by Gasteiger charge is -2.38. The quantitative estimate of drug-likeness (QED) is 0.908. The lowest BCUT2D eigenvalue weighted by molar-refractivity contribution is -0.142. The fraction of sp³-hybridized carbons (Fsp3) is 0.400. The van der Waals surface area contributed by atoms with Crippen LogP contribution >= 0.6 is 0 Å². The van der Waals surface area contributed by atoms with Gasteiger partial charge in [-0.05, 0) is 50.6 Å². The molecule has 0 aromatic heterocycles. The molecular weight excluding hydrogens is 302 g/mol. The Morgan fingerprint density at radius 1 is 1.00 bits per heavy atom. The summed E-state index contributed by atoms with van der Waals surface area (Å²) >= 11 is 0. The van der Waals surface area contributed by atoms with Gasteiger partial charge in [-0.2, -0.15) is 0 Å². The molecular formula is C20H23NO3. The second-order valence-corrected chi connectivity index (χ2v) is 6.64. The highest BCUT2D eigenvalue weighted by atomic mass is 16.7. The van der Waals surface area contributed by atoms with Gasteiger partial charge < -0.3 is 19.9 Å². The van der Waals surface area contributed by atoms with Gasteiger partial charge in [-0.15, -0.1) is 0 Å². The van der Waals surface area contributed by atoms with Crippen LogP contribution in [-0.2, 0) is 5.79 Å². The summed E-state index contributed by atoms with van der Waals surface area (Å²) in [6, 6.07) is 15.8. The van der Waals surface area contributed by atoms with E-state index < -0.39 is 11.9 Å². The number of para-hydroxylation sites is 2. The first-order valence-corrected chi connectivity index (χ1v) is 8.65. The molecule has 4 nitrogen and oxygen atoms in total. The van der Waals surface area contributed by atoms with Crippen LogP contribution in [-0.4, -0.2) is 18.2 Å². The molecule has 4 heteroatoms. The molecule has 0 spiro atoms. The van der Waals surface area contributed by atoms with Crippen molar-refractivity contribution in [3.63, 3.8) is 0 Å². The molecule has 0 saturated carbocycles. The van der Waals surface area contributed by atoms with Crippen LogP contribution in [0.2, 0.25) is 0 Å². The van der Waals surface area contributed by atoms with Crippen LogP contribution in [0, 0.1) is 5.92 Å². The Bertz CT molecular complexity index is 680. The summed E-state index contributed by atoms with van der Waals surface area (Å²) in [5.74, 6) is 1.11. The van der Waals surface area contributed by atoms with Crippen molar-refractivity contribution in [2.24, 2.45) is 5.92 Å². The zero-order valence-electron chi connectivity index (χ0n) is 13.9. The third-order valence-corrected chi connectivity index (χ3v) is 5.04. The van der Waals surface area contributed by atoms with Crippen LogP contribution in [0.25, 0.3) is 0 Å². The molecule has 24 heavy (non-hydrogen) atoms. The molecule has 0 radical (unpaired) electrons. The second kappa shape index (κ2) is 6.11. The van der Waals surface area contributed by atoms with Crippen LogP contribution in [0.3, 0.4) is 0 Å². The molecule has 2 aromatic carbocycles. The number of piperidine rings is 1. The van der Waals surface area contributed by atoms with E-state index in [9.17, 15) is 5.11 Å². The largest absolute Gasteiger partial charge is 0.444 e. The molecule has 1 atom stereocenters. The highest BCUT2D eigenvalue weighted by molar-refractivity contribution is 5.45. The first-order valence-electron chi connectivity index (χ1n) is 8.65. The Kier molecular flexibility index (Phi) is 3.94. The molecule has 0 bridgehead atoms. The van der Waals surface area contributed by atoms with E-state index in [1.54, 1.807) is 6.92 Å². The minimum absolute atomic E-state index is 0.281. The first-order chi connectivity index (χ1) is 11.7. The number of hydrogen-bond acceptors (Lipinski definition) is 4. The molecule has 2 aromatic rings. The third-order valence-electron chi connectivity index (χ3n) is 5.04. The highest BCUT2D eigenvalue weighted by Crippen LogP contribution is 2.49. The summed E-state index contributed by atoms with van der Waals surface area (Å²) in [7, 11) is 0. The Balaban J connectivity index is 1.74. The van der Waals surface area contributed by atoms with E-state index in [-0.39, 0.29) is 5.92 Å². The van der Waals surface area contributed by atoms with Crippen molar-refractivity contribution in [2.75, 3.05) is 13.1 Å². The Morgan fingerprint density at radius 2 is 1.58 bits per heavy atom. The number of fused-ring (bicyclic) bond motifs is 1. The molecule has 0 aliphatic carbocycles. The summed E-state index contributed by atoms with van der Waals surface area (Å²) in [6.45, 7) is 3.72. The van der Waals surface area contributed by atoms with Crippen LogP contribution < -0.4 is 14.8 Å². The fourth-order valence-corrected chi connectivity index (χ4v) is 3.68. The van der Waals surface area contributed by atoms with E-state index in [0.29, 0.717) is 0 Å². The molecule has 1 unspecified atom stereocenters. The minimum Gasteiger partial charge on any atom is -0.444 e. The molecule has 1 fully saturated rings. The standard InChI is InChI=1S/C20H23NO3/c1-14(22)15-6-8-16(9-7-15)20(17-10-12-21-13-11-17)23-18-4-2-3-5-19(18)24-20/h2-9,14,17,21-22H,10-13H2,1H3. The lowest BCUT2D eigenvalue weighted by Crippen LogP contribution is -2.47. The third kappa shape index (κ3) is 2.56. The van der Waals surface area contributed by atoms with Gasteiger partial charge in [0.25, 0.3) is 5.79 Å². The number of aliphatic hydroxyl groups is 1. The number of benzene rings is 2. The smallest absolute Gasteiger partial charge is 0.281 e. The molecule has 4 rings (SSSR count). The van der Waals surface area contributed by atoms with Gasteiger partial charge in [0.2, 0.25) is 0 Å². The van der Waals surface area contributed by atoms with Gasteiger partial charge in [0, 0.05) is 11.5 Å². The van der Waals surface area contributed by atoms with E-state index in [1.165, 1.54) is 0 Å². The maximum absolute atomic E-state index is 9.76. The van der Waals surface area contributed by atoms with Crippen molar-refractivity contribution >= 4 is 0 Å². The van der Waals surface area contributed by atoms with Crippen molar-refractivity contribution in [3.05, 3.63) is 59.7 Å². The van der Waals surface area contributed by atoms with Gasteiger partial charge in [-0.1, -0.05) is 36.4 Å². The van der Waals surface area contributed by atoms with Gasteiger partial charge in [-0.25, -0.2) is 0 Å². The summed E-state index contributed by atoms with van der Waals surface area (Å²) in [5.41, 5.74) is 1.91. The Morgan fingerprint density at radius 3 is 2.12 bits per heavy atom. The molecule has 2 N–H and O–H groups in total. The highest BCUT2D eigenvalue weighted by Gasteiger charge is 2.50. The second-order valence-electron chi connectivity index (χ2n) is 6.64. The van der Waals surface area contributed by atoms with Crippen molar-refractivity contribution in [3.8, 4) is 11.5 Å². The summed E-state index contributed by atoms with van der Waals surface area (Å²) in [4.78, 5) is 0. The molecule has 2 aliphatic heterocycles. The number of hydrogen-bond donors (Lipinski definition) is 2. The van der Waals surface area contributed by atoms with Crippen molar-refractivity contribution in [1.82, 2.24) is 5.32 Å². The van der Waals surface area contributed by atoms with Crippen molar-refractivity contribution < 1.29 is 14.6 Å². The fourth-order valence-electron chi connectivity index (χ4n) is 3.68. The van der Waals surface area contributed by atoms with Gasteiger partial charge >= 0.3 is 0 Å². The molecule has 2 heterocycles.